The first-order valence-corrected chi connectivity index (χ1v) is 8.89. The molecule has 0 radical (unpaired) electrons. The summed E-state index contributed by atoms with van der Waals surface area (Å²) in [6, 6.07) is 0. The molecule has 0 bridgehead atoms. The molecule has 0 spiro atoms. The Kier molecular flexibility index (Phi) is 8.01. The van der Waals surface area contributed by atoms with Crippen LogP contribution in [0.4, 0.5) is 0 Å². The van der Waals surface area contributed by atoms with Crippen molar-refractivity contribution in [3.8, 4) is 0 Å². The minimum atomic E-state index is -4.92. The third-order valence-corrected chi connectivity index (χ3v) is 3.69. The van der Waals surface area contributed by atoms with Crippen molar-refractivity contribution in [1.29, 1.82) is 0 Å². The Morgan fingerprint density at radius 2 is 1.74 bits per heavy atom. The van der Waals surface area contributed by atoms with E-state index in [1.807, 2.05) is 0 Å². The highest BCUT2D eigenvalue weighted by Crippen LogP contribution is 2.13. The van der Waals surface area contributed by atoms with Crippen LogP contribution < -0.4 is 4.90 Å². The maximum Gasteiger partial charge on any atom is 0.264 e. The van der Waals surface area contributed by atoms with Crippen molar-refractivity contribution in [1.82, 2.24) is 0 Å². The zero-order chi connectivity index (χ0) is 15.1. The molecule has 1 fully saturated rings. The van der Waals surface area contributed by atoms with Gasteiger partial charge >= 0.3 is 0 Å². The van der Waals surface area contributed by atoms with Crippen LogP contribution in [0.5, 0.6) is 0 Å². The molecule has 8 nitrogen and oxygen atoms in total. The van der Waals surface area contributed by atoms with E-state index in [0.29, 0.717) is 6.42 Å². The van der Waals surface area contributed by atoms with Gasteiger partial charge < -0.3 is 9.45 Å². The zero-order valence-electron chi connectivity index (χ0n) is 10.8. The number of hydrogen-bond acceptors (Lipinski definition) is 5. The fraction of sp³-hybridized carbons (Fsp3) is 1.00. The lowest BCUT2D eigenvalue weighted by Gasteiger charge is -2.06. The van der Waals surface area contributed by atoms with E-state index in [1.54, 1.807) is 4.90 Å². The summed E-state index contributed by atoms with van der Waals surface area (Å²) in [5.74, 6) is 0.680. The van der Waals surface area contributed by atoms with Crippen LogP contribution in [0.15, 0.2) is 0 Å². The Labute approximate surface area is 114 Å². The Balaban J connectivity index is 0.000000555. The van der Waals surface area contributed by atoms with Crippen molar-refractivity contribution < 1.29 is 35.4 Å². The maximum atomic E-state index is 10.4. The molecule has 1 saturated heterocycles. The molecule has 116 valence electrons. The van der Waals surface area contributed by atoms with Gasteiger partial charge in [-0.2, -0.15) is 8.42 Å². The van der Waals surface area contributed by atoms with Crippen molar-refractivity contribution in [2.75, 3.05) is 25.9 Å². The van der Waals surface area contributed by atoms with E-state index in [1.165, 1.54) is 19.5 Å². The number of likely N-dealkylation sites (tertiary alicyclic amines) is 1. The fourth-order valence-corrected chi connectivity index (χ4v) is 2.68. The van der Waals surface area contributed by atoms with E-state index in [2.05, 4.69) is 7.05 Å². The number of nitrogens with one attached hydrogen (secondary N) is 1. The summed E-state index contributed by atoms with van der Waals surface area (Å²) in [6.45, 7) is 2.45. The Morgan fingerprint density at radius 1 is 1.21 bits per heavy atom. The van der Waals surface area contributed by atoms with Gasteiger partial charge in [0.05, 0.1) is 25.9 Å². The van der Waals surface area contributed by atoms with Crippen molar-refractivity contribution in [2.45, 2.75) is 25.7 Å². The minimum Gasteiger partial charge on any atom is -0.726 e. The summed E-state index contributed by atoms with van der Waals surface area (Å²) >= 11 is 0. The Hall–Kier alpha value is -0.260. The van der Waals surface area contributed by atoms with Gasteiger partial charge in [0, 0.05) is 12.3 Å². The first-order chi connectivity index (χ1) is 8.47. The molecular formula is C9H21NO7S2. The van der Waals surface area contributed by atoms with Crippen LogP contribution in [-0.2, 0) is 20.5 Å². The van der Waals surface area contributed by atoms with Crippen LogP contribution in [0, 0.1) is 5.92 Å². The van der Waals surface area contributed by atoms with Crippen LogP contribution in [-0.4, -0.2) is 56.4 Å². The van der Waals surface area contributed by atoms with Gasteiger partial charge in [0.25, 0.3) is 10.1 Å². The van der Waals surface area contributed by atoms with Gasteiger partial charge in [-0.1, -0.05) is 6.42 Å². The number of quaternary nitrogens is 1. The van der Waals surface area contributed by atoms with Crippen molar-refractivity contribution in [3.05, 3.63) is 0 Å². The second kappa shape index (κ2) is 8.12. The van der Waals surface area contributed by atoms with Gasteiger partial charge in [-0.05, 0) is 12.8 Å². The summed E-state index contributed by atoms with van der Waals surface area (Å²) in [4.78, 5) is 1.57. The van der Waals surface area contributed by atoms with Gasteiger partial charge in [-0.3, -0.25) is 9.11 Å². The predicted octanol–water partition coefficient (Wildman–Crippen LogP) is -1.42. The molecule has 0 amide bonds. The largest absolute Gasteiger partial charge is 0.726 e. The average Bonchev–Trinajstić information content (AvgIpc) is 2.55. The number of hydrogen-bond donors (Lipinski definition) is 3. The molecule has 0 aromatic rings. The maximum absolute atomic E-state index is 10.4. The third kappa shape index (κ3) is 15.7. The van der Waals surface area contributed by atoms with Crippen molar-refractivity contribution >= 4 is 20.5 Å². The predicted molar refractivity (Wildman–Crippen MR) is 67.3 cm³/mol. The van der Waals surface area contributed by atoms with Gasteiger partial charge in [0.15, 0.2) is 0 Å². The van der Waals surface area contributed by atoms with Crippen LogP contribution in [0.25, 0.3) is 0 Å². The molecular weight excluding hydrogens is 298 g/mol. The molecule has 3 N–H and O–H groups in total. The van der Waals surface area contributed by atoms with Crippen LogP contribution >= 0.6 is 0 Å². The Bertz CT molecular complexity index is 437. The van der Waals surface area contributed by atoms with Gasteiger partial charge in [-0.15, -0.1) is 0 Å². The van der Waals surface area contributed by atoms with E-state index < -0.39 is 20.5 Å². The highest BCUT2D eigenvalue weighted by molar-refractivity contribution is 7.85. The lowest BCUT2D eigenvalue weighted by atomic mass is 10.0. The Morgan fingerprint density at radius 3 is 2.11 bits per heavy atom. The van der Waals surface area contributed by atoms with E-state index in [9.17, 15) is 8.42 Å². The lowest BCUT2D eigenvalue weighted by molar-refractivity contribution is -0.867. The first-order valence-electron chi connectivity index (χ1n) is 5.92. The molecule has 0 saturated carbocycles. The summed E-state index contributed by atoms with van der Waals surface area (Å²) in [5, 5.41) is 0. The van der Waals surface area contributed by atoms with E-state index >= 15 is 0 Å². The number of rotatable bonds is 5. The molecule has 1 aliphatic rings. The summed E-state index contributed by atoms with van der Waals surface area (Å²) in [7, 11) is -6.46. The van der Waals surface area contributed by atoms with E-state index in [0.717, 1.165) is 18.8 Å². The molecule has 2 unspecified atom stereocenters. The monoisotopic (exact) mass is 319 g/mol. The van der Waals surface area contributed by atoms with Gasteiger partial charge in [0.1, 0.15) is 0 Å². The first kappa shape index (κ1) is 18.7. The molecule has 1 rings (SSSR count). The van der Waals surface area contributed by atoms with Crippen molar-refractivity contribution in [2.24, 2.45) is 5.92 Å². The standard InChI is InChI=1S/C9H19NO3S.H2O4S/c1-10-6-5-9(8-10)4-2-3-7-14(11,12)13;1-5(2,3)4/h9H,2-8H2,1H3,(H,11,12,13);(H2,1,2,3,4). The van der Waals surface area contributed by atoms with Gasteiger partial charge in [0.2, 0.25) is 10.4 Å². The van der Waals surface area contributed by atoms with Crippen LogP contribution in [0.3, 0.4) is 0 Å². The van der Waals surface area contributed by atoms with Crippen molar-refractivity contribution in [3.63, 3.8) is 0 Å². The zero-order valence-corrected chi connectivity index (χ0v) is 12.4. The third-order valence-electron chi connectivity index (χ3n) is 2.88. The second-order valence-corrected chi connectivity index (χ2v) is 7.20. The van der Waals surface area contributed by atoms with E-state index in [4.69, 9.17) is 22.1 Å². The molecule has 1 heterocycles. The molecule has 0 aromatic carbocycles. The van der Waals surface area contributed by atoms with Crippen LogP contribution in [0.1, 0.15) is 25.7 Å². The minimum absolute atomic E-state index is 0.0809. The van der Waals surface area contributed by atoms with Gasteiger partial charge in [-0.25, -0.2) is 8.42 Å². The molecule has 10 heteroatoms. The highest BCUT2D eigenvalue weighted by Gasteiger charge is 2.22. The summed E-state index contributed by atoms with van der Waals surface area (Å²) in [6.07, 6.45) is 3.87. The quantitative estimate of drug-likeness (QED) is 0.321. The smallest absolute Gasteiger partial charge is 0.264 e. The fourth-order valence-electron chi connectivity index (χ4n) is 2.11. The summed E-state index contributed by atoms with van der Waals surface area (Å²) in [5.41, 5.74) is 0. The number of unbranched alkanes of at least 4 members (excludes halogenated alkanes) is 1. The SMILES string of the molecule is C[NH+]1CCC(CCCCS(=O)(=O)O)C1.O=S(=O)([O-])O. The normalized spacial score (nSPS) is 23.8. The van der Waals surface area contributed by atoms with E-state index in [-0.39, 0.29) is 5.75 Å². The lowest BCUT2D eigenvalue weighted by Crippen LogP contribution is -3.07. The molecule has 0 aromatic heterocycles. The second-order valence-electron chi connectivity index (χ2n) is 4.78. The molecule has 19 heavy (non-hydrogen) atoms. The molecule has 0 aliphatic carbocycles. The summed E-state index contributed by atoms with van der Waals surface area (Å²) < 4.78 is 62.2. The van der Waals surface area contributed by atoms with Crippen LogP contribution in [0.2, 0.25) is 0 Å². The average molecular weight is 319 g/mol. The highest BCUT2D eigenvalue weighted by atomic mass is 32.3. The topological polar surface area (TPSA) is 136 Å². The molecule has 2 atom stereocenters. The molecule has 1 aliphatic heterocycles.